The van der Waals surface area contributed by atoms with Crippen LogP contribution in [0.4, 0.5) is 17.1 Å². The van der Waals surface area contributed by atoms with E-state index in [-0.39, 0.29) is 5.91 Å². The van der Waals surface area contributed by atoms with Crippen LogP contribution in [0.25, 0.3) is 0 Å². The van der Waals surface area contributed by atoms with Crippen LogP contribution in [0.15, 0.2) is 77.7 Å². The molecule has 6 heteroatoms. The molecule has 0 spiro atoms. The summed E-state index contributed by atoms with van der Waals surface area (Å²) in [6, 6.07) is 23.7. The molecule has 0 saturated heterocycles. The average Bonchev–Trinajstić information content (AvgIpc) is 2.68. The Bertz CT molecular complexity index is 1000. The number of carbonyl (C=O) groups is 1. The Labute approximate surface area is 181 Å². The van der Waals surface area contributed by atoms with Gasteiger partial charge in [0.2, 0.25) is 5.91 Å². The van der Waals surface area contributed by atoms with E-state index in [1.165, 1.54) is 17.3 Å². The third kappa shape index (κ3) is 6.93. The molecule has 1 amide bonds. The lowest BCUT2D eigenvalue weighted by atomic mass is 10.2. The van der Waals surface area contributed by atoms with Gasteiger partial charge in [-0.3, -0.25) is 4.79 Å². The zero-order chi connectivity index (χ0) is 20.6. The van der Waals surface area contributed by atoms with Gasteiger partial charge in [0.05, 0.1) is 5.75 Å². The smallest absolute Gasteiger partial charge is 0.234 e. The van der Waals surface area contributed by atoms with Gasteiger partial charge < -0.3 is 16.0 Å². The number of aryl methyl sites for hydroxylation is 2. The molecule has 0 aliphatic rings. The minimum atomic E-state index is -0.0319. The molecule has 3 aromatic carbocycles. The molecule has 0 heterocycles. The Morgan fingerprint density at radius 3 is 2.17 bits per heavy atom. The number of thiocarbonyl (C=S) groups is 1. The fraction of sp³-hybridized carbons (Fsp3) is 0.130. The molecule has 0 aromatic heterocycles. The Kier molecular flexibility index (Phi) is 7.27. The zero-order valence-electron chi connectivity index (χ0n) is 16.4. The molecule has 0 atom stereocenters. The molecule has 0 fully saturated rings. The molecule has 3 N–H and O–H groups in total. The van der Waals surface area contributed by atoms with Crippen molar-refractivity contribution < 1.29 is 4.79 Å². The first kappa shape index (κ1) is 20.9. The molecule has 0 bridgehead atoms. The van der Waals surface area contributed by atoms with E-state index in [0.717, 1.165) is 27.5 Å². The topological polar surface area (TPSA) is 53.2 Å². The fourth-order valence-corrected chi connectivity index (χ4v) is 3.65. The quantitative estimate of drug-likeness (QED) is 0.345. The number of thioether (sulfide) groups is 1. The van der Waals surface area contributed by atoms with Crippen molar-refractivity contribution >= 4 is 52.1 Å². The summed E-state index contributed by atoms with van der Waals surface area (Å²) in [5.41, 5.74) is 4.94. The lowest BCUT2D eigenvalue weighted by molar-refractivity contribution is -0.113. The summed E-state index contributed by atoms with van der Waals surface area (Å²) in [6.45, 7) is 4.05. The van der Waals surface area contributed by atoms with Crippen molar-refractivity contribution in [1.82, 2.24) is 0 Å². The van der Waals surface area contributed by atoms with Gasteiger partial charge >= 0.3 is 0 Å². The van der Waals surface area contributed by atoms with Crippen LogP contribution in [0.5, 0.6) is 0 Å². The number of benzene rings is 3. The molecule has 3 aromatic rings. The van der Waals surface area contributed by atoms with Gasteiger partial charge in [-0.2, -0.15) is 0 Å². The van der Waals surface area contributed by atoms with E-state index in [9.17, 15) is 4.79 Å². The summed E-state index contributed by atoms with van der Waals surface area (Å²) in [5.74, 6) is 0.305. The first-order valence-electron chi connectivity index (χ1n) is 9.22. The van der Waals surface area contributed by atoms with Gasteiger partial charge in [-0.1, -0.05) is 35.9 Å². The maximum atomic E-state index is 12.2. The minimum absolute atomic E-state index is 0.0319. The van der Waals surface area contributed by atoms with E-state index >= 15 is 0 Å². The molecule has 0 aliphatic heterocycles. The lowest BCUT2D eigenvalue weighted by Crippen LogP contribution is -2.19. The van der Waals surface area contributed by atoms with E-state index in [4.69, 9.17) is 12.2 Å². The van der Waals surface area contributed by atoms with Crippen LogP contribution >= 0.6 is 24.0 Å². The monoisotopic (exact) mass is 421 g/mol. The second-order valence-corrected chi connectivity index (χ2v) is 8.14. The maximum absolute atomic E-state index is 12.2. The Morgan fingerprint density at radius 1 is 0.793 bits per heavy atom. The maximum Gasteiger partial charge on any atom is 0.234 e. The predicted molar refractivity (Wildman–Crippen MR) is 128 cm³/mol. The van der Waals surface area contributed by atoms with Gasteiger partial charge in [0.1, 0.15) is 0 Å². The van der Waals surface area contributed by atoms with Crippen LogP contribution in [-0.4, -0.2) is 16.8 Å². The fourth-order valence-electron chi connectivity index (χ4n) is 2.66. The molecular formula is C23H23N3OS2. The highest BCUT2D eigenvalue weighted by molar-refractivity contribution is 8.00. The molecule has 3 rings (SSSR count). The molecule has 0 unspecified atom stereocenters. The van der Waals surface area contributed by atoms with Crippen molar-refractivity contribution in [3.63, 3.8) is 0 Å². The first-order chi connectivity index (χ1) is 14.0. The molecular weight excluding hydrogens is 398 g/mol. The van der Waals surface area contributed by atoms with E-state index < -0.39 is 0 Å². The van der Waals surface area contributed by atoms with Crippen LogP contribution in [0.1, 0.15) is 11.1 Å². The van der Waals surface area contributed by atoms with Gasteiger partial charge in [0.25, 0.3) is 0 Å². The van der Waals surface area contributed by atoms with Gasteiger partial charge in [-0.15, -0.1) is 11.8 Å². The van der Waals surface area contributed by atoms with Crippen molar-refractivity contribution in [2.75, 3.05) is 21.7 Å². The van der Waals surface area contributed by atoms with E-state index in [1.54, 1.807) is 0 Å². The zero-order valence-corrected chi connectivity index (χ0v) is 18.0. The standard InChI is InChI=1S/C23H23N3OS2/c1-16-9-11-18(12-10-16)25-23(28)26-20-7-4-8-21(14-20)29-15-22(27)24-19-6-3-5-17(2)13-19/h3-14H,15H2,1-2H3,(H,24,27)(H2,25,26,28). The largest absolute Gasteiger partial charge is 0.332 e. The summed E-state index contributed by atoms with van der Waals surface area (Å²) >= 11 is 6.87. The van der Waals surface area contributed by atoms with Crippen LogP contribution in [-0.2, 0) is 4.79 Å². The van der Waals surface area contributed by atoms with E-state index in [2.05, 4.69) is 16.0 Å². The van der Waals surface area contributed by atoms with Gasteiger partial charge in [-0.25, -0.2) is 0 Å². The second kappa shape index (κ2) is 10.1. The number of rotatable bonds is 6. The molecule has 4 nitrogen and oxygen atoms in total. The van der Waals surface area contributed by atoms with Crippen LogP contribution in [0.3, 0.4) is 0 Å². The average molecular weight is 422 g/mol. The SMILES string of the molecule is Cc1ccc(NC(=S)Nc2cccc(SCC(=O)Nc3cccc(C)c3)c2)cc1. The van der Waals surface area contributed by atoms with Crippen molar-refractivity contribution in [2.45, 2.75) is 18.7 Å². The van der Waals surface area contributed by atoms with Gasteiger partial charge in [0.15, 0.2) is 5.11 Å². The van der Waals surface area contributed by atoms with Crippen LogP contribution in [0.2, 0.25) is 0 Å². The number of hydrogen-bond donors (Lipinski definition) is 3. The van der Waals surface area contributed by atoms with Crippen molar-refractivity contribution in [1.29, 1.82) is 0 Å². The highest BCUT2D eigenvalue weighted by Crippen LogP contribution is 2.22. The summed E-state index contributed by atoms with van der Waals surface area (Å²) < 4.78 is 0. The number of anilines is 3. The third-order valence-electron chi connectivity index (χ3n) is 4.07. The van der Waals surface area contributed by atoms with E-state index in [0.29, 0.717) is 10.9 Å². The van der Waals surface area contributed by atoms with Crippen molar-refractivity contribution in [2.24, 2.45) is 0 Å². The Hall–Kier alpha value is -2.83. The van der Waals surface area contributed by atoms with Crippen LogP contribution < -0.4 is 16.0 Å². The highest BCUT2D eigenvalue weighted by Gasteiger charge is 2.05. The van der Waals surface area contributed by atoms with Crippen molar-refractivity contribution in [3.8, 4) is 0 Å². The molecule has 0 saturated carbocycles. The number of hydrogen-bond acceptors (Lipinski definition) is 3. The first-order valence-corrected chi connectivity index (χ1v) is 10.6. The Balaban J connectivity index is 1.51. The third-order valence-corrected chi connectivity index (χ3v) is 5.27. The summed E-state index contributed by atoms with van der Waals surface area (Å²) in [7, 11) is 0. The second-order valence-electron chi connectivity index (χ2n) is 6.68. The molecule has 29 heavy (non-hydrogen) atoms. The number of amides is 1. The van der Waals surface area contributed by atoms with Gasteiger partial charge in [-0.05, 0) is 74.1 Å². The van der Waals surface area contributed by atoms with Gasteiger partial charge in [0, 0.05) is 22.0 Å². The lowest BCUT2D eigenvalue weighted by Gasteiger charge is -2.12. The Morgan fingerprint density at radius 2 is 1.45 bits per heavy atom. The summed E-state index contributed by atoms with van der Waals surface area (Å²) in [5, 5.41) is 9.80. The van der Waals surface area contributed by atoms with Crippen LogP contribution in [0, 0.1) is 13.8 Å². The number of nitrogens with one attached hydrogen (secondary N) is 3. The van der Waals surface area contributed by atoms with Crippen molar-refractivity contribution in [3.05, 3.63) is 83.9 Å². The molecule has 0 aliphatic carbocycles. The normalized spacial score (nSPS) is 10.3. The highest BCUT2D eigenvalue weighted by atomic mass is 32.2. The molecule has 0 radical (unpaired) electrons. The molecule has 148 valence electrons. The predicted octanol–water partition coefficient (Wildman–Crippen LogP) is 5.84. The van der Waals surface area contributed by atoms with E-state index in [1.807, 2.05) is 86.6 Å². The summed E-state index contributed by atoms with van der Waals surface area (Å²) in [6.07, 6.45) is 0. The summed E-state index contributed by atoms with van der Waals surface area (Å²) in [4.78, 5) is 13.2. The minimum Gasteiger partial charge on any atom is -0.332 e. The number of carbonyl (C=O) groups excluding carboxylic acids is 1.